The molecule has 0 radical (unpaired) electrons. The number of hydrogen-bond donors (Lipinski definition) is 0. The summed E-state index contributed by atoms with van der Waals surface area (Å²) in [5.41, 5.74) is 16.2. The van der Waals surface area contributed by atoms with Crippen LogP contribution in [0.2, 0.25) is 0 Å². The van der Waals surface area contributed by atoms with Crippen LogP contribution in [0.4, 0.5) is 17.1 Å². The quantitative estimate of drug-likeness (QED) is 0.159. The van der Waals surface area contributed by atoms with E-state index in [1.165, 1.54) is 86.2 Å². The molecule has 0 saturated heterocycles. The van der Waals surface area contributed by atoms with Gasteiger partial charge in [-0.3, -0.25) is 0 Å². The van der Waals surface area contributed by atoms with E-state index in [1.54, 1.807) is 0 Å². The van der Waals surface area contributed by atoms with Crippen molar-refractivity contribution in [2.45, 2.75) is 0 Å². The molecule has 13 aromatic rings. The van der Waals surface area contributed by atoms with Crippen LogP contribution >= 0.6 is 11.3 Å². The van der Waals surface area contributed by atoms with Crippen molar-refractivity contribution >= 4 is 81.1 Å². The van der Waals surface area contributed by atoms with E-state index in [4.69, 9.17) is 4.74 Å². The number of aromatic nitrogens is 1. The Morgan fingerprint density at radius 1 is 0.353 bits per heavy atom. The van der Waals surface area contributed by atoms with Gasteiger partial charge in [-0.25, -0.2) is 0 Å². The zero-order valence-electron chi connectivity index (χ0n) is 36.8. The molecule has 2 aromatic heterocycles. The Labute approximate surface area is 397 Å². The molecule has 68 heavy (non-hydrogen) atoms. The summed E-state index contributed by atoms with van der Waals surface area (Å²) < 4.78 is 11.4. The minimum atomic E-state index is 0.874. The number of hydrogen-bond acceptors (Lipinski definition) is 3. The average Bonchev–Trinajstić information content (AvgIpc) is 3.96. The minimum absolute atomic E-state index is 0.874. The smallest absolute Gasteiger partial charge is 0.152 e. The Bertz CT molecular complexity index is 4090. The lowest BCUT2D eigenvalue weighted by atomic mass is 9.98. The van der Waals surface area contributed by atoms with Crippen LogP contribution in [-0.2, 0) is 0 Å². The van der Waals surface area contributed by atoms with Crippen molar-refractivity contribution in [2.24, 2.45) is 0 Å². The fraction of sp³-hybridized carbons (Fsp3) is 0. The van der Waals surface area contributed by atoms with Gasteiger partial charge in [0, 0.05) is 48.0 Å². The summed E-state index contributed by atoms with van der Waals surface area (Å²) in [6.07, 6.45) is 0. The monoisotopic (exact) mass is 884 g/mol. The van der Waals surface area contributed by atoms with Crippen molar-refractivity contribution in [1.29, 1.82) is 0 Å². The van der Waals surface area contributed by atoms with Gasteiger partial charge in [0.05, 0.1) is 16.7 Å². The maximum atomic E-state index is 6.39. The molecular weight excluding hydrogens is 845 g/mol. The van der Waals surface area contributed by atoms with Crippen molar-refractivity contribution in [2.75, 3.05) is 4.90 Å². The first-order valence-electron chi connectivity index (χ1n) is 23.1. The van der Waals surface area contributed by atoms with Crippen molar-refractivity contribution in [3.63, 3.8) is 0 Å². The highest BCUT2D eigenvalue weighted by atomic mass is 32.1. The number of thiophene rings is 1. The summed E-state index contributed by atoms with van der Waals surface area (Å²) >= 11 is 1.87. The molecule has 0 spiro atoms. The van der Waals surface area contributed by atoms with Crippen LogP contribution in [0.25, 0.3) is 103 Å². The topological polar surface area (TPSA) is 17.4 Å². The van der Waals surface area contributed by atoms with E-state index in [0.717, 1.165) is 45.3 Å². The van der Waals surface area contributed by atoms with Crippen LogP contribution in [0.1, 0.15) is 0 Å². The number of rotatable bonds is 7. The summed E-state index contributed by atoms with van der Waals surface area (Å²) in [5, 5.41) is 7.53. The normalized spacial score (nSPS) is 11.9. The number of ether oxygens (including phenoxy) is 1. The molecule has 0 unspecified atom stereocenters. The number of anilines is 3. The van der Waals surface area contributed by atoms with Crippen molar-refractivity contribution < 1.29 is 4.74 Å². The van der Waals surface area contributed by atoms with Gasteiger partial charge in [-0.05, 0) is 134 Å². The Hall–Kier alpha value is -8.70. The first-order chi connectivity index (χ1) is 33.7. The SMILES string of the molecule is c1ccc2c(c1)Oc1cccc3c4cc(-c5ccc(N(c6ccc(-c7ccc(-c8ccc9ccccc9c8)cc7)cc6)c6ccc(-c7cccc8c7sc7ccccc78)cc6)cc5)ccc4n-2c13. The van der Waals surface area contributed by atoms with Gasteiger partial charge in [-0.2, -0.15) is 0 Å². The Morgan fingerprint density at radius 3 is 1.63 bits per heavy atom. The molecule has 0 atom stereocenters. The molecule has 14 rings (SSSR count). The molecule has 0 aliphatic carbocycles. The Kier molecular flexibility index (Phi) is 8.76. The molecule has 3 heterocycles. The summed E-state index contributed by atoms with van der Waals surface area (Å²) in [7, 11) is 0. The van der Waals surface area contributed by atoms with E-state index in [-0.39, 0.29) is 0 Å². The summed E-state index contributed by atoms with van der Waals surface area (Å²) in [6.45, 7) is 0. The van der Waals surface area contributed by atoms with E-state index in [1.807, 2.05) is 23.5 Å². The minimum Gasteiger partial charge on any atom is -0.453 e. The predicted octanol–water partition coefficient (Wildman–Crippen LogP) is 18.5. The van der Waals surface area contributed by atoms with Crippen LogP contribution in [-0.4, -0.2) is 4.57 Å². The average molecular weight is 885 g/mol. The highest BCUT2D eigenvalue weighted by molar-refractivity contribution is 7.26. The molecule has 1 aliphatic heterocycles. The lowest BCUT2D eigenvalue weighted by molar-refractivity contribution is 0.476. The van der Waals surface area contributed by atoms with Crippen LogP contribution < -0.4 is 9.64 Å². The zero-order valence-corrected chi connectivity index (χ0v) is 37.6. The van der Waals surface area contributed by atoms with Crippen LogP contribution in [0.15, 0.2) is 243 Å². The van der Waals surface area contributed by atoms with E-state index >= 15 is 0 Å². The predicted molar refractivity (Wildman–Crippen MR) is 288 cm³/mol. The molecule has 0 fully saturated rings. The zero-order chi connectivity index (χ0) is 44.7. The number of para-hydroxylation sites is 3. The molecule has 0 amide bonds. The van der Waals surface area contributed by atoms with Crippen LogP contribution in [0, 0.1) is 0 Å². The lowest BCUT2D eigenvalue weighted by Crippen LogP contribution is -2.09. The molecule has 0 saturated carbocycles. The maximum Gasteiger partial charge on any atom is 0.152 e. The lowest BCUT2D eigenvalue weighted by Gasteiger charge is -2.26. The summed E-state index contributed by atoms with van der Waals surface area (Å²) in [5.74, 6) is 1.76. The summed E-state index contributed by atoms with van der Waals surface area (Å²) in [6, 6.07) is 88.2. The van der Waals surface area contributed by atoms with Gasteiger partial charge in [-0.15, -0.1) is 11.3 Å². The fourth-order valence-corrected chi connectivity index (χ4v) is 11.7. The van der Waals surface area contributed by atoms with Gasteiger partial charge < -0.3 is 14.2 Å². The molecule has 1 aliphatic rings. The second kappa shape index (κ2) is 15.5. The van der Waals surface area contributed by atoms with E-state index in [9.17, 15) is 0 Å². The Balaban J connectivity index is 0.825. The van der Waals surface area contributed by atoms with Gasteiger partial charge in [0.25, 0.3) is 0 Å². The van der Waals surface area contributed by atoms with E-state index in [2.05, 4.69) is 240 Å². The van der Waals surface area contributed by atoms with Gasteiger partial charge in [-0.1, -0.05) is 164 Å². The third kappa shape index (κ3) is 6.26. The molecular formula is C64H40N2OS. The van der Waals surface area contributed by atoms with Crippen molar-refractivity contribution in [1.82, 2.24) is 4.57 Å². The van der Waals surface area contributed by atoms with Crippen LogP contribution in [0.3, 0.4) is 0 Å². The van der Waals surface area contributed by atoms with Gasteiger partial charge in [0.1, 0.15) is 0 Å². The van der Waals surface area contributed by atoms with Crippen molar-refractivity contribution in [3.8, 4) is 61.7 Å². The van der Waals surface area contributed by atoms with Gasteiger partial charge in [0.2, 0.25) is 0 Å². The van der Waals surface area contributed by atoms with Crippen LogP contribution in [0.5, 0.6) is 11.5 Å². The third-order valence-corrected chi connectivity index (χ3v) is 15.0. The van der Waals surface area contributed by atoms with E-state index < -0.39 is 0 Å². The number of nitrogens with zero attached hydrogens (tertiary/aromatic N) is 2. The molecule has 0 bridgehead atoms. The largest absolute Gasteiger partial charge is 0.453 e. The molecule has 318 valence electrons. The maximum absolute atomic E-state index is 6.39. The molecule has 0 N–H and O–H groups in total. The Morgan fingerprint density at radius 2 is 0.882 bits per heavy atom. The third-order valence-electron chi connectivity index (χ3n) is 13.8. The number of benzene rings is 11. The molecule has 3 nitrogen and oxygen atoms in total. The molecule has 4 heteroatoms. The standard InChI is InChI=1S/C64H40N2OS/c1-2-10-47-39-48(24-23-41(47)9-1)44-21-19-42(20-22-44)43-25-32-50(33-26-43)65(52-36-29-46(30-37-52)53-12-7-14-56-54-11-3-6-18-62(54)68-64(53)56)51-34-27-45(28-35-51)49-31-38-58-57(40-49)55-13-8-17-61-63(55)66(58)59-15-4-5-16-60(59)67-61/h1-40H. The second-order valence-corrected chi connectivity index (χ2v) is 18.7. The van der Waals surface area contributed by atoms with Gasteiger partial charge >= 0.3 is 0 Å². The highest BCUT2D eigenvalue weighted by Crippen LogP contribution is 2.47. The second-order valence-electron chi connectivity index (χ2n) is 17.7. The molecule has 11 aromatic carbocycles. The fourth-order valence-electron chi connectivity index (χ4n) is 10.4. The van der Waals surface area contributed by atoms with Gasteiger partial charge in [0.15, 0.2) is 11.5 Å². The van der Waals surface area contributed by atoms with E-state index in [0.29, 0.717) is 0 Å². The first kappa shape index (κ1) is 38.6. The highest BCUT2D eigenvalue weighted by Gasteiger charge is 2.24. The first-order valence-corrected chi connectivity index (χ1v) is 24.0. The van der Waals surface area contributed by atoms with Crippen molar-refractivity contribution in [3.05, 3.63) is 243 Å². The number of fused-ring (bicyclic) bond motifs is 9. The summed E-state index contributed by atoms with van der Waals surface area (Å²) in [4.78, 5) is 2.37.